The summed E-state index contributed by atoms with van der Waals surface area (Å²) < 4.78 is 38.7. The number of anilines is 1. The lowest BCUT2D eigenvalue weighted by Gasteiger charge is -2.33. The third kappa shape index (κ3) is 5.39. The van der Waals surface area contributed by atoms with Crippen LogP contribution in [0.3, 0.4) is 0 Å². The first-order valence-electron chi connectivity index (χ1n) is 10.2. The highest BCUT2D eigenvalue weighted by molar-refractivity contribution is 7.94. The van der Waals surface area contributed by atoms with Crippen LogP contribution in [0, 0.1) is 6.92 Å². The Morgan fingerprint density at radius 3 is 2.50 bits per heavy atom. The van der Waals surface area contributed by atoms with Crippen LogP contribution < -0.4 is 10.0 Å². The van der Waals surface area contributed by atoms with Gasteiger partial charge < -0.3 is 14.5 Å². The molecule has 0 spiro atoms. The number of hydrogen-bond acceptors (Lipinski definition) is 7. The molecule has 1 aromatic carbocycles. The van der Waals surface area contributed by atoms with Gasteiger partial charge in [0, 0.05) is 30.9 Å². The van der Waals surface area contributed by atoms with Crippen LogP contribution in [0.2, 0.25) is 0 Å². The topological polar surface area (TPSA) is 101 Å². The van der Waals surface area contributed by atoms with Crippen molar-refractivity contribution in [2.24, 2.45) is 0 Å². The molecule has 1 fully saturated rings. The van der Waals surface area contributed by atoms with Crippen molar-refractivity contribution >= 4 is 33.0 Å². The normalized spacial score (nSPS) is 15.9. The fraction of sp³-hybridized carbons (Fsp3) is 0.318. The van der Waals surface area contributed by atoms with Gasteiger partial charge in [-0.25, -0.2) is 8.42 Å². The van der Waals surface area contributed by atoms with Gasteiger partial charge in [-0.3, -0.25) is 14.4 Å². The Balaban J connectivity index is 1.40. The van der Waals surface area contributed by atoms with Crippen molar-refractivity contribution in [3.05, 3.63) is 71.0 Å². The Bertz CT molecular complexity index is 1130. The first kappa shape index (κ1) is 22.5. The number of hydrogen-bond donors (Lipinski definition) is 2. The summed E-state index contributed by atoms with van der Waals surface area (Å²) in [6.07, 6.45) is 0. The van der Waals surface area contributed by atoms with E-state index in [-0.39, 0.29) is 16.2 Å². The van der Waals surface area contributed by atoms with Gasteiger partial charge in [-0.05, 0) is 54.8 Å². The van der Waals surface area contributed by atoms with E-state index in [1.165, 1.54) is 0 Å². The molecule has 4 rings (SSSR count). The molecule has 3 aromatic rings. The lowest BCUT2D eigenvalue weighted by atomic mass is 10.1. The van der Waals surface area contributed by atoms with Gasteiger partial charge in [-0.15, -0.1) is 11.3 Å². The summed E-state index contributed by atoms with van der Waals surface area (Å²) in [4.78, 5) is 15.0. The summed E-state index contributed by atoms with van der Waals surface area (Å²) in [6.45, 7) is 5.10. The maximum atomic E-state index is 12.7. The van der Waals surface area contributed by atoms with Crippen LogP contribution in [0.25, 0.3) is 0 Å². The van der Waals surface area contributed by atoms with Crippen LogP contribution in [0.15, 0.2) is 62.5 Å². The number of thiophene rings is 1. The molecule has 1 aliphatic rings. The SMILES string of the molecule is Cc1ccc(C(CNC(=O)c2ccc(NS(=O)(=O)c3cccs3)cc2)N2CCOCC2)o1. The van der Waals surface area contributed by atoms with Crippen LogP contribution in [0.5, 0.6) is 0 Å². The molecule has 2 N–H and O–H groups in total. The highest BCUT2D eigenvalue weighted by atomic mass is 32.2. The number of carbonyl (C=O) groups is 1. The lowest BCUT2D eigenvalue weighted by molar-refractivity contribution is 0.0117. The molecule has 1 atom stereocenters. The van der Waals surface area contributed by atoms with E-state index >= 15 is 0 Å². The Morgan fingerprint density at radius 2 is 1.88 bits per heavy atom. The first-order valence-corrected chi connectivity index (χ1v) is 12.6. The number of morpholine rings is 1. The molecule has 1 unspecified atom stereocenters. The van der Waals surface area contributed by atoms with E-state index in [0.29, 0.717) is 31.0 Å². The Morgan fingerprint density at radius 1 is 1.12 bits per heavy atom. The zero-order valence-corrected chi connectivity index (χ0v) is 19.2. The van der Waals surface area contributed by atoms with E-state index in [4.69, 9.17) is 9.15 Å². The van der Waals surface area contributed by atoms with Gasteiger partial charge in [0.25, 0.3) is 15.9 Å². The molecule has 8 nitrogen and oxygen atoms in total. The molecule has 0 bridgehead atoms. The summed E-state index contributed by atoms with van der Waals surface area (Å²) in [7, 11) is -3.62. The van der Waals surface area contributed by atoms with Crippen molar-refractivity contribution in [3.63, 3.8) is 0 Å². The minimum Gasteiger partial charge on any atom is -0.465 e. The summed E-state index contributed by atoms with van der Waals surface area (Å²) in [5, 5.41) is 4.68. The van der Waals surface area contributed by atoms with Crippen LogP contribution in [0.1, 0.15) is 27.9 Å². The molecular weight excluding hydrogens is 450 g/mol. The highest BCUT2D eigenvalue weighted by Gasteiger charge is 2.26. The van der Waals surface area contributed by atoms with E-state index in [9.17, 15) is 13.2 Å². The first-order chi connectivity index (χ1) is 15.4. The predicted octanol–water partition coefficient (Wildman–Crippen LogP) is 3.25. The molecule has 0 radical (unpaired) electrons. The second kappa shape index (κ2) is 9.86. The molecule has 3 heterocycles. The van der Waals surface area contributed by atoms with Crippen molar-refractivity contribution in [1.29, 1.82) is 0 Å². The van der Waals surface area contributed by atoms with Crippen molar-refractivity contribution in [1.82, 2.24) is 10.2 Å². The molecule has 1 saturated heterocycles. The molecule has 0 aliphatic carbocycles. The van der Waals surface area contributed by atoms with E-state index in [1.807, 2.05) is 19.1 Å². The van der Waals surface area contributed by atoms with Gasteiger partial charge in [0.1, 0.15) is 15.7 Å². The van der Waals surface area contributed by atoms with Crippen LogP contribution >= 0.6 is 11.3 Å². The quantitative estimate of drug-likeness (QED) is 0.519. The maximum Gasteiger partial charge on any atom is 0.271 e. The number of furan rings is 1. The zero-order chi connectivity index (χ0) is 22.6. The standard InChI is InChI=1S/C22H25N3O5S2/c1-16-4-9-20(30-16)19(25-10-12-29-13-11-25)15-23-22(26)17-5-7-18(8-6-17)24-32(27,28)21-3-2-14-31-21/h2-9,14,19,24H,10-13,15H2,1H3,(H,23,26). The number of amides is 1. The van der Waals surface area contributed by atoms with Gasteiger partial charge in [0.15, 0.2) is 0 Å². The van der Waals surface area contributed by atoms with Crippen LogP contribution in [0.4, 0.5) is 5.69 Å². The number of benzene rings is 1. The number of sulfonamides is 1. The summed E-state index contributed by atoms with van der Waals surface area (Å²) in [6, 6.07) is 13.3. The average Bonchev–Trinajstić information content (AvgIpc) is 3.48. The van der Waals surface area contributed by atoms with E-state index in [1.54, 1.807) is 41.8 Å². The fourth-order valence-electron chi connectivity index (χ4n) is 3.53. The van der Waals surface area contributed by atoms with Gasteiger partial charge in [0.05, 0.1) is 19.3 Å². The number of nitrogens with one attached hydrogen (secondary N) is 2. The Kier molecular flexibility index (Phi) is 6.95. The summed E-state index contributed by atoms with van der Waals surface area (Å²) in [5.74, 6) is 1.40. The summed E-state index contributed by atoms with van der Waals surface area (Å²) >= 11 is 1.14. The molecule has 2 aromatic heterocycles. The second-order valence-corrected chi connectivity index (χ2v) is 10.3. The van der Waals surface area contributed by atoms with Crippen molar-refractivity contribution in [3.8, 4) is 0 Å². The molecule has 1 aliphatic heterocycles. The van der Waals surface area contributed by atoms with E-state index in [2.05, 4.69) is 14.9 Å². The smallest absolute Gasteiger partial charge is 0.271 e. The highest BCUT2D eigenvalue weighted by Crippen LogP contribution is 2.24. The predicted molar refractivity (Wildman–Crippen MR) is 122 cm³/mol. The Labute approximate surface area is 191 Å². The molecule has 10 heteroatoms. The van der Waals surface area contributed by atoms with Gasteiger partial charge >= 0.3 is 0 Å². The van der Waals surface area contributed by atoms with Crippen LogP contribution in [-0.2, 0) is 14.8 Å². The van der Waals surface area contributed by atoms with Crippen molar-refractivity contribution in [2.45, 2.75) is 17.2 Å². The van der Waals surface area contributed by atoms with Gasteiger partial charge in [-0.1, -0.05) is 6.07 Å². The molecular formula is C22H25N3O5S2. The van der Waals surface area contributed by atoms with E-state index < -0.39 is 10.0 Å². The van der Waals surface area contributed by atoms with Crippen molar-refractivity contribution in [2.75, 3.05) is 37.6 Å². The van der Waals surface area contributed by atoms with E-state index in [0.717, 1.165) is 35.9 Å². The number of ether oxygens (including phenoxy) is 1. The lowest BCUT2D eigenvalue weighted by Crippen LogP contribution is -2.43. The van der Waals surface area contributed by atoms with Crippen LogP contribution in [-0.4, -0.2) is 52.1 Å². The van der Waals surface area contributed by atoms with Crippen molar-refractivity contribution < 1.29 is 22.4 Å². The number of nitrogens with zero attached hydrogens (tertiary/aromatic N) is 1. The third-order valence-corrected chi connectivity index (χ3v) is 7.97. The minimum atomic E-state index is -3.62. The average molecular weight is 476 g/mol. The second-order valence-electron chi connectivity index (χ2n) is 7.44. The number of rotatable bonds is 8. The number of aryl methyl sites for hydroxylation is 1. The number of carbonyl (C=O) groups excluding carboxylic acids is 1. The molecule has 32 heavy (non-hydrogen) atoms. The zero-order valence-electron chi connectivity index (χ0n) is 17.6. The minimum absolute atomic E-state index is 0.0894. The largest absolute Gasteiger partial charge is 0.465 e. The molecule has 170 valence electrons. The Hall–Kier alpha value is -2.66. The maximum absolute atomic E-state index is 12.7. The fourth-order valence-corrected chi connectivity index (χ4v) is 5.59. The van der Waals surface area contributed by atoms with Gasteiger partial charge in [0.2, 0.25) is 0 Å². The van der Waals surface area contributed by atoms with Gasteiger partial charge in [-0.2, -0.15) is 0 Å². The molecule has 1 amide bonds. The monoisotopic (exact) mass is 475 g/mol. The molecule has 0 saturated carbocycles. The third-order valence-electron chi connectivity index (χ3n) is 5.19. The summed E-state index contributed by atoms with van der Waals surface area (Å²) in [5.41, 5.74) is 0.840.